The van der Waals surface area contributed by atoms with Gasteiger partial charge in [-0.3, -0.25) is 4.79 Å². The van der Waals surface area contributed by atoms with E-state index in [1.807, 2.05) is 0 Å². The van der Waals surface area contributed by atoms with E-state index in [2.05, 4.69) is 5.10 Å². The highest BCUT2D eigenvalue weighted by atomic mass is 32.2. The third-order valence-corrected chi connectivity index (χ3v) is 3.65. The van der Waals surface area contributed by atoms with Crippen molar-refractivity contribution in [3.63, 3.8) is 0 Å². The Morgan fingerprint density at radius 2 is 1.84 bits per heavy atom. The van der Waals surface area contributed by atoms with Crippen molar-refractivity contribution in [2.75, 3.05) is 13.4 Å². The summed E-state index contributed by atoms with van der Waals surface area (Å²) in [6.45, 7) is 0. The number of hydrogen-bond acceptors (Lipinski definition) is 5. The van der Waals surface area contributed by atoms with Crippen LogP contribution in [-0.4, -0.2) is 31.6 Å². The van der Waals surface area contributed by atoms with Crippen molar-refractivity contribution in [2.45, 2.75) is 4.90 Å². The van der Waals surface area contributed by atoms with Gasteiger partial charge in [0.15, 0.2) is 9.84 Å². The van der Waals surface area contributed by atoms with Gasteiger partial charge in [-0.2, -0.15) is 9.78 Å². The lowest BCUT2D eigenvalue weighted by Gasteiger charge is -2.06. The molecule has 7 heteroatoms. The molecule has 0 atom stereocenters. The highest BCUT2D eigenvalue weighted by Gasteiger charge is 2.08. The van der Waals surface area contributed by atoms with E-state index in [4.69, 9.17) is 4.74 Å². The number of methoxy groups -OCH3 is 1. The molecule has 0 bridgehead atoms. The smallest absolute Gasteiger partial charge is 0.275 e. The molecular formula is C12H12N2O4S. The molecule has 2 aromatic rings. The average molecular weight is 280 g/mol. The van der Waals surface area contributed by atoms with Gasteiger partial charge in [-0.15, -0.1) is 0 Å². The van der Waals surface area contributed by atoms with Crippen LogP contribution in [-0.2, 0) is 9.84 Å². The van der Waals surface area contributed by atoms with Gasteiger partial charge in [0.05, 0.1) is 23.9 Å². The molecule has 0 aliphatic carbocycles. The van der Waals surface area contributed by atoms with Crippen LogP contribution >= 0.6 is 0 Å². The van der Waals surface area contributed by atoms with Gasteiger partial charge in [0.1, 0.15) is 5.75 Å². The number of ether oxygens (including phenoxy) is 1. The van der Waals surface area contributed by atoms with Gasteiger partial charge >= 0.3 is 0 Å². The largest absolute Gasteiger partial charge is 0.495 e. The summed E-state index contributed by atoms with van der Waals surface area (Å²) in [7, 11) is -1.80. The van der Waals surface area contributed by atoms with Gasteiger partial charge < -0.3 is 4.74 Å². The number of sulfone groups is 1. The van der Waals surface area contributed by atoms with Crippen LogP contribution in [0.3, 0.4) is 0 Å². The van der Waals surface area contributed by atoms with E-state index in [9.17, 15) is 13.2 Å². The van der Waals surface area contributed by atoms with Crippen LogP contribution in [0.4, 0.5) is 0 Å². The van der Waals surface area contributed by atoms with E-state index in [1.54, 1.807) is 0 Å². The predicted octanol–water partition coefficient (Wildman–Crippen LogP) is 0.645. The first kappa shape index (κ1) is 13.3. The maximum Gasteiger partial charge on any atom is 0.275 e. The first-order valence-electron chi connectivity index (χ1n) is 5.36. The van der Waals surface area contributed by atoms with E-state index in [1.165, 1.54) is 43.6 Å². The van der Waals surface area contributed by atoms with Gasteiger partial charge in [-0.05, 0) is 24.3 Å². The SMILES string of the molecule is COc1cnn(-c2ccc(S(C)(=O)=O)cc2)c(=O)c1. The minimum absolute atomic E-state index is 0.192. The van der Waals surface area contributed by atoms with Crippen LogP contribution in [0.25, 0.3) is 5.69 Å². The fraction of sp³-hybridized carbons (Fsp3) is 0.167. The molecule has 1 aromatic carbocycles. The molecule has 0 aliphatic heterocycles. The number of nitrogens with zero attached hydrogens (tertiary/aromatic N) is 2. The van der Waals surface area contributed by atoms with Crippen molar-refractivity contribution >= 4 is 9.84 Å². The Labute approximate surface area is 110 Å². The molecule has 0 amide bonds. The predicted molar refractivity (Wildman–Crippen MR) is 69.5 cm³/mol. The Bertz CT molecular complexity index is 748. The molecule has 0 saturated carbocycles. The zero-order valence-corrected chi connectivity index (χ0v) is 11.2. The van der Waals surface area contributed by atoms with Crippen LogP contribution in [0.5, 0.6) is 5.75 Å². The van der Waals surface area contributed by atoms with Gasteiger partial charge in [0.2, 0.25) is 0 Å². The summed E-state index contributed by atoms with van der Waals surface area (Å²) in [4.78, 5) is 12.0. The van der Waals surface area contributed by atoms with Crippen molar-refractivity contribution in [3.8, 4) is 11.4 Å². The molecule has 0 unspecified atom stereocenters. The van der Waals surface area contributed by atoms with Crippen molar-refractivity contribution in [3.05, 3.63) is 46.9 Å². The quantitative estimate of drug-likeness (QED) is 0.824. The lowest BCUT2D eigenvalue weighted by atomic mass is 10.3. The number of aromatic nitrogens is 2. The lowest BCUT2D eigenvalue weighted by Crippen LogP contribution is -2.20. The molecule has 2 rings (SSSR count). The summed E-state index contributed by atoms with van der Waals surface area (Å²) in [6, 6.07) is 7.22. The Hall–Kier alpha value is -2.15. The molecule has 0 aliphatic rings. The number of hydrogen-bond donors (Lipinski definition) is 0. The van der Waals surface area contributed by atoms with Crippen LogP contribution in [0, 0.1) is 0 Å². The van der Waals surface area contributed by atoms with E-state index >= 15 is 0 Å². The summed E-state index contributed by atoms with van der Waals surface area (Å²) < 4.78 is 28.7. The maximum atomic E-state index is 11.8. The first-order valence-corrected chi connectivity index (χ1v) is 7.25. The minimum Gasteiger partial charge on any atom is -0.495 e. The fourth-order valence-electron chi connectivity index (χ4n) is 1.53. The minimum atomic E-state index is -3.25. The standard InChI is InChI=1S/C12H12N2O4S/c1-18-10-7-12(15)14(13-8-10)9-3-5-11(6-4-9)19(2,16)17/h3-8H,1-2H3. The normalized spacial score (nSPS) is 11.3. The summed E-state index contributed by atoms with van der Waals surface area (Å²) >= 11 is 0. The second-order valence-electron chi connectivity index (χ2n) is 3.91. The maximum absolute atomic E-state index is 11.8. The molecule has 0 radical (unpaired) electrons. The van der Waals surface area contributed by atoms with E-state index in [0.717, 1.165) is 10.9 Å². The Kier molecular flexibility index (Phi) is 3.39. The Morgan fingerprint density at radius 3 is 2.32 bits per heavy atom. The summed E-state index contributed by atoms with van der Waals surface area (Å²) in [5.74, 6) is 0.369. The highest BCUT2D eigenvalue weighted by molar-refractivity contribution is 7.90. The van der Waals surface area contributed by atoms with E-state index in [-0.39, 0.29) is 10.5 Å². The Morgan fingerprint density at radius 1 is 1.21 bits per heavy atom. The highest BCUT2D eigenvalue weighted by Crippen LogP contribution is 2.12. The van der Waals surface area contributed by atoms with Crippen LogP contribution in [0.2, 0.25) is 0 Å². The molecule has 1 heterocycles. The van der Waals surface area contributed by atoms with Gasteiger partial charge in [0, 0.05) is 12.3 Å². The van der Waals surface area contributed by atoms with Gasteiger partial charge in [-0.25, -0.2) is 8.42 Å². The van der Waals surface area contributed by atoms with Crippen LogP contribution in [0.1, 0.15) is 0 Å². The van der Waals surface area contributed by atoms with Crippen molar-refractivity contribution in [2.24, 2.45) is 0 Å². The molecule has 1 aromatic heterocycles. The van der Waals surface area contributed by atoms with Crippen LogP contribution < -0.4 is 10.3 Å². The third-order valence-electron chi connectivity index (χ3n) is 2.52. The number of benzene rings is 1. The summed E-state index contributed by atoms with van der Waals surface area (Å²) in [5, 5.41) is 3.94. The molecule has 0 spiro atoms. The zero-order valence-electron chi connectivity index (χ0n) is 10.4. The molecular weight excluding hydrogens is 268 g/mol. The number of rotatable bonds is 3. The molecule has 19 heavy (non-hydrogen) atoms. The molecule has 100 valence electrons. The van der Waals surface area contributed by atoms with Gasteiger partial charge in [0.25, 0.3) is 5.56 Å². The molecule has 0 saturated heterocycles. The second kappa shape index (κ2) is 4.85. The first-order chi connectivity index (χ1) is 8.91. The van der Waals surface area contributed by atoms with Crippen molar-refractivity contribution < 1.29 is 13.2 Å². The second-order valence-corrected chi connectivity index (χ2v) is 5.93. The topological polar surface area (TPSA) is 78.3 Å². The summed E-state index contributed by atoms with van der Waals surface area (Å²) in [6.07, 6.45) is 2.53. The average Bonchev–Trinajstić information content (AvgIpc) is 2.37. The molecule has 0 N–H and O–H groups in total. The van der Waals surface area contributed by atoms with E-state index in [0.29, 0.717) is 11.4 Å². The third kappa shape index (κ3) is 2.82. The lowest BCUT2D eigenvalue weighted by molar-refractivity contribution is 0.409. The Balaban J connectivity index is 2.46. The van der Waals surface area contributed by atoms with Gasteiger partial charge in [-0.1, -0.05) is 0 Å². The zero-order chi connectivity index (χ0) is 14.0. The monoisotopic (exact) mass is 280 g/mol. The van der Waals surface area contributed by atoms with Crippen LogP contribution in [0.15, 0.2) is 46.2 Å². The molecule has 0 fully saturated rings. The van der Waals surface area contributed by atoms with Crippen molar-refractivity contribution in [1.82, 2.24) is 9.78 Å². The van der Waals surface area contributed by atoms with E-state index < -0.39 is 9.84 Å². The summed E-state index contributed by atoms with van der Waals surface area (Å²) in [5.41, 5.74) is 0.131. The van der Waals surface area contributed by atoms with Crippen molar-refractivity contribution in [1.29, 1.82) is 0 Å². The fourth-order valence-corrected chi connectivity index (χ4v) is 2.16. The molecule has 6 nitrogen and oxygen atoms in total.